The fraction of sp³-hybridized carbons (Fsp3) is 0.917. The lowest BCUT2D eigenvalue weighted by Crippen LogP contribution is -2.40. The molecule has 1 aliphatic heterocycles. The first-order valence-electron chi connectivity index (χ1n) is 5.99. The third-order valence-corrected chi connectivity index (χ3v) is 3.60. The number of fused-ring (bicyclic) bond motifs is 2. The number of rotatable bonds is 0. The Morgan fingerprint density at radius 1 is 1.31 bits per heavy atom. The molecule has 1 heterocycles. The van der Waals surface area contributed by atoms with Crippen LogP contribution in [0.3, 0.4) is 0 Å². The van der Waals surface area contributed by atoms with E-state index in [-0.39, 0.29) is 11.5 Å². The molecule has 92 valence electrons. The van der Waals surface area contributed by atoms with Crippen molar-refractivity contribution in [2.24, 2.45) is 5.92 Å². The molecule has 0 aromatic carbocycles. The maximum absolute atomic E-state index is 12.0. The highest BCUT2D eigenvalue weighted by Crippen LogP contribution is 2.38. The highest BCUT2D eigenvalue weighted by Gasteiger charge is 2.42. The number of nitrogens with zero attached hydrogens (tertiary/aromatic N) is 1. The lowest BCUT2D eigenvalue weighted by atomic mass is 9.90. The van der Waals surface area contributed by atoms with Crippen LogP contribution in [-0.2, 0) is 4.74 Å². The summed E-state index contributed by atoms with van der Waals surface area (Å²) in [6.45, 7) is 6.52. The molecular formula is C12H20ClNO2. The normalized spacial score (nSPS) is 34.0. The Morgan fingerprint density at radius 3 is 2.62 bits per heavy atom. The van der Waals surface area contributed by atoms with Crippen molar-refractivity contribution in [1.82, 2.24) is 4.90 Å². The molecule has 2 fully saturated rings. The molecule has 0 radical (unpaired) electrons. The summed E-state index contributed by atoms with van der Waals surface area (Å²) in [4.78, 5) is 13.8. The molecule has 1 amide bonds. The van der Waals surface area contributed by atoms with E-state index in [4.69, 9.17) is 16.3 Å². The second-order valence-corrected chi connectivity index (χ2v) is 6.57. The molecule has 3 nitrogen and oxygen atoms in total. The van der Waals surface area contributed by atoms with Crippen LogP contribution in [0.2, 0.25) is 0 Å². The second-order valence-electron chi connectivity index (χ2n) is 5.96. The monoisotopic (exact) mass is 245 g/mol. The van der Waals surface area contributed by atoms with Gasteiger partial charge in [0.15, 0.2) is 0 Å². The van der Waals surface area contributed by atoms with Gasteiger partial charge in [0.1, 0.15) is 5.60 Å². The SMILES string of the molecule is CC(C)(C)OC(=O)N1C[C@H]2C[C@@H](Cl)C[C@H]1C2. The van der Waals surface area contributed by atoms with E-state index in [0.717, 1.165) is 25.8 Å². The molecule has 2 rings (SSSR count). The summed E-state index contributed by atoms with van der Waals surface area (Å²) in [5.41, 5.74) is -0.409. The average molecular weight is 246 g/mol. The van der Waals surface area contributed by atoms with E-state index in [9.17, 15) is 4.79 Å². The van der Waals surface area contributed by atoms with Gasteiger partial charge in [-0.15, -0.1) is 11.6 Å². The predicted molar refractivity (Wildman–Crippen MR) is 63.7 cm³/mol. The van der Waals surface area contributed by atoms with E-state index >= 15 is 0 Å². The van der Waals surface area contributed by atoms with Crippen molar-refractivity contribution in [3.63, 3.8) is 0 Å². The van der Waals surface area contributed by atoms with Crippen molar-refractivity contribution in [2.45, 2.75) is 57.1 Å². The van der Waals surface area contributed by atoms with Crippen molar-refractivity contribution in [3.05, 3.63) is 0 Å². The largest absolute Gasteiger partial charge is 0.444 e. The van der Waals surface area contributed by atoms with Crippen LogP contribution in [0.5, 0.6) is 0 Å². The van der Waals surface area contributed by atoms with Crippen molar-refractivity contribution in [3.8, 4) is 0 Å². The third-order valence-electron chi connectivity index (χ3n) is 3.25. The first-order valence-corrected chi connectivity index (χ1v) is 6.42. The van der Waals surface area contributed by atoms with Crippen LogP contribution in [-0.4, -0.2) is 34.6 Å². The Kier molecular flexibility index (Phi) is 3.08. The Labute approximate surface area is 102 Å². The van der Waals surface area contributed by atoms with Gasteiger partial charge in [-0.2, -0.15) is 0 Å². The average Bonchev–Trinajstić information content (AvgIpc) is 2.38. The third kappa shape index (κ3) is 2.62. The van der Waals surface area contributed by atoms with Crippen LogP contribution in [0.1, 0.15) is 40.0 Å². The van der Waals surface area contributed by atoms with Crippen LogP contribution in [0.15, 0.2) is 0 Å². The highest BCUT2D eigenvalue weighted by atomic mass is 35.5. The summed E-state index contributed by atoms with van der Waals surface area (Å²) in [5.74, 6) is 0.578. The quantitative estimate of drug-likeness (QED) is 0.614. The molecule has 0 unspecified atom stereocenters. The standard InChI is InChI=1S/C12H20ClNO2/c1-12(2,3)16-11(15)14-7-8-4-9(13)6-10(14)5-8/h8-10H,4-7H2,1-3H3/t8-,9+,10+/m0/s1. The summed E-state index contributed by atoms with van der Waals surface area (Å²) in [7, 11) is 0. The lowest BCUT2D eigenvalue weighted by Gasteiger charge is -2.29. The Bertz CT molecular complexity index is 287. The van der Waals surface area contributed by atoms with Gasteiger partial charge in [0, 0.05) is 18.0 Å². The molecule has 0 spiro atoms. The zero-order valence-electron chi connectivity index (χ0n) is 10.2. The van der Waals surface area contributed by atoms with Crippen molar-refractivity contribution >= 4 is 17.7 Å². The van der Waals surface area contributed by atoms with Crippen LogP contribution in [0.25, 0.3) is 0 Å². The van der Waals surface area contributed by atoms with Crippen LogP contribution in [0, 0.1) is 5.92 Å². The van der Waals surface area contributed by atoms with Crippen LogP contribution >= 0.6 is 11.6 Å². The second kappa shape index (κ2) is 4.10. The maximum Gasteiger partial charge on any atom is 0.410 e. The van der Waals surface area contributed by atoms with E-state index in [2.05, 4.69) is 0 Å². The van der Waals surface area contributed by atoms with Crippen molar-refractivity contribution < 1.29 is 9.53 Å². The van der Waals surface area contributed by atoms with Gasteiger partial charge in [-0.25, -0.2) is 4.79 Å². The number of alkyl halides is 1. The van der Waals surface area contributed by atoms with Crippen LogP contribution in [0.4, 0.5) is 4.79 Å². The van der Waals surface area contributed by atoms with Gasteiger partial charge in [0.2, 0.25) is 0 Å². The topological polar surface area (TPSA) is 29.5 Å². The number of amides is 1. The number of carbonyl (C=O) groups excluding carboxylic acids is 1. The predicted octanol–water partition coefficient (Wildman–Crippen LogP) is 3.01. The van der Waals surface area contributed by atoms with Gasteiger partial charge in [0.25, 0.3) is 0 Å². The van der Waals surface area contributed by atoms with Gasteiger partial charge in [-0.05, 0) is 46.0 Å². The molecule has 1 aliphatic carbocycles. The molecule has 3 atom stereocenters. The van der Waals surface area contributed by atoms with E-state index in [1.807, 2.05) is 25.7 Å². The van der Waals surface area contributed by atoms with E-state index in [0.29, 0.717) is 12.0 Å². The summed E-state index contributed by atoms with van der Waals surface area (Å²) in [5, 5.41) is 0.233. The van der Waals surface area contributed by atoms with Gasteiger partial charge < -0.3 is 9.64 Å². The molecule has 1 saturated heterocycles. The van der Waals surface area contributed by atoms with Crippen molar-refractivity contribution in [2.75, 3.05) is 6.54 Å². The fourth-order valence-electron chi connectivity index (χ4n) is 2.71. The minimum atomic E-state index is -0.409. The first kappa shape index (κ1) is 12.0. The molecule has 4 heteroatoms. The lowest BCUT2D eigenvalue weighted by molar-refractivity contribution is 0.0224. The Hall–Kier alpha value is -0.440. The summed E-state index contributed by atoms with van der Waals surface area (Å²) < 4.78 is 5.41. The molecular weight excluding hydrogens is 226 g/mol. The van der Waals surface area contributed by atoms with E-state index in [1.54, 1.807) is 0 Å². The van der Waals surface area contributed by atoms with Gasteiger partial charge >= 0.3 is 6.09 Å². The minimum Gasteiger partial charge on any atom is -0.444 e. The van der Waals surface area contributed by atoms with Gasteiger partial charge in [-0.3, -0.25) is 0 Å². The zero-order valence-corrected chi connectivity index (χ0v) is 11.0. The molecule has 2 bridgehead atoms. The van der Waals surface area contributed by atoms with E-state index in [1.165, 1.54) is 0 Å². The number of hydrogen-bond donors (Lipinski definition) is 0. The number of ether oxygens (including phenoxy) is 1. The number of likely N-dealkylation sites (tertiary alicyclic amines) is 1. The molecule has 16 heavy (non-hydrogen) atoms. The molecule has 0 N–H and O–H groups in total. The summed E-state index contributed by atoms with van der Waals surface area (Å²) >= 11 is 6.17. The van der Waals surface area contributed by atoms with Crippen molar-refractivity contribution in [1.29, 1.82) is 0 Å². The number of hydrogen-bond acceptors (Lipinski definition) is 2. The fourth-order valence-corrected chi connectivity index (χ4v) is 3.16. The Morgan fingerprint density at radius 2 is 2.00 bits per heavy atom. The molecule has 0 aromatic heterocycles. The molecule has 0 aromatic rings. The van der Waals surface area contributed by atoms with Crippen LogP contribution < -0.4 is 0 Å². The number of halogens is 1. The minimum absolute atomic E-state index is 0.175. The first-order chi connectivity index (χ1) is 7.35. The maximum atomic E-state index is 12.0. The summed E-state index contributed by atoms with van der Waals surface area (Å²) in [6, 6.07) is 0.302. The summed E-state index contributed by atoms with van der Waals surface area (Å²) in [6.07, 6.45) is 2.88. The highest BCUT2D eigenvalue weighted by molar-refractivity contribution is 6.20. The molecule has 2 aliphatic rings. The molecule has 1 saturated carbocycles. The number of carbonyl (C=O) groups is 1. The van der Waals surface area contributed by atoms with E-state index < -0.39 is 5.60 Å². The smallest absolute Gasteiger partial charge is 0.410 e. The van der Waals surface area contributed by atoms with Gasteiger partial charge in [-0.1, -0.05) is 0 Å². The Balaban J connectivity index is 1.98. The van der Waals surface area contributed by atoms with Gasteiger partial charge in [0.05, 0.1) is 0 Å². The zero-order chi connectivity index (χ0) is 11.9.